The Balaban J connectivity index is 2.48. The fourth-order valence-electron chi connectivity index (χ4n) is 0.645. The SMILES string of the molecule is CC(C)Nc1cccs1. The third-order valence-electron chi connectivity index (χ3n) is 0.952. The summed E-state index contributed by atoms with van der Waals surface area (Å²) in [6, 6.07) is 4.68. The lowest BCUT2D eigenvalue weighted by atomic mass is 10.4. The van der Waals surface area contributed by atoms with Crippen LogP contribution in [-0.4, -0.2) is 6.04 Å². The fraction of sp³-hybridized carbons (Fsp3) is 0.429. The van der Waals surface area contributed by atoms with E-state index >= 15 is 0 Å². The molecule has 0 atom stereocenters. The minimum Gasteiger partial charge on any atom is -0.375 e. The summed E-state index contributed by atoms with van der Waals surface area (Å²) in [4.78, 5) is 0. The summed E-state index contributed by atoms with van der Waals surface area (Å²) in [6.45, 7) is 4.28. The van der Waals surface area contributed by atoms with Gasteiger partial charge in [0.05, 0.1) is 5.00 Å². The molecule has 0 saturated carbocycles. The topological polar surface area (TPSA) is 12.0 Å². The molecule has 0 amide bonds. The van der Waals surface area contributed by atoms with Crippen LogP contribution < -0.4 is 5.32 Å². The molecular weight excluding hydrogens is 130 g/mol. The number of rotatable bonds is 2. The standard InChI is InChI=1S/C7H11NS/c1-6(2)8-7-4-3-5-9-7/h3-6,8H,1-2H3. The van der Waals surface area contributed by atoms with Crippen LogP contribution in [0.5, 0.6) is 0 Å². The molecule has 0 unspecified atom stereocenters. The van der Waals surface area contributed by atoms with Crippen LogP contribution in [0, 0.1) is 0 Å². The summed E-state index contributed by atoms with van der Waals surface area (Å²) in [7, 11) is 0. The van der Waals surface area contributed by atoms with Crippen LogP contribution in [0.4, 0.5) is 5.00 Å². The van der Waals surface area contributed by atoms with Gasteiger partial charge in [0, 0.05) is 6.04 Å². The van der Waals surface area contributed by atoms with Gasteiger partial charge in [-0.2, -0.15) is 0 Å². The lowest BCUT2D eigenvalue weighted by Gasteiger charge is -2.04. The normalized spacial score (nSPS) is 10.1. The lowest BCUT2D eigenvalue weighted by molar-refractivity contribution is 0.904. The molecule has 1 nitrogen and oxygen atoms in total. The summed E-state index contributed by atoms with van der Waals surface area (Å²) < 4.78 is 0. The van der Waals surface area contributed by atoms with Gasteiger partial charge in [0.2, 0.25) is 0 Å². The van der Waals surface area contributed by atoms with Crippen molar-refractivity contribution in [1.29, 1.82) is 0 Å². The van der Waals surface area contributed by atoms with Gasteiger partial charge in [0.25, 0.3) is 0 Å². The van der Waals surface area contributed by atoms with Gasteiger partial charge in [0.1, 0.15) is 0 Å². The van der Waals surface area contributed by atoms with Crippen LogP contribution in [0.2, 0.25) is 0 Å². The van der Waals surface area contributed by atoms with Crippen LogP contribution in [0.25, 0.3) is 0 Å². The zero-order valence-corrected chi connectivity index (χ0v) is 6.53. The maximum absolute atomic E-state index is 3.30. The third kappa shape index (κ3) is 2.06. The van der Waals surface area contributed by atoms with Crippen LogP contribution in [0.15, 0.2) is 17.5 Å². The molecule has 0 bridgehead atoms. The molecule has 50 valence electrons. The molecule has 0 spiro atoms. The molecule has 1 aromatic rings. The highest BCUT2D eigenvalue weighted by atomic mass is 32.1. The van der Waals surface area contributed by atoms with Crippen molar-refractivity contribution in [2.24, 2.45) is 0 Å². The van der Waals surface area contributed by atoms with E-state index in [9.17, 15) is 0 Å². The molecule has 0 aliphatic rings. The fourth-order valence-corrected chi connectivity index (χ4v) is 1.41. The zero-order valence-electron chi connectivity index (χ0n) is 5.72. The summed E-state index contributed by atoms with van der Waals surface area (Å²) in [5.74, 6) is 0. The summed E-state index contributed by atoms with van der Waals surface area (Å²) in [5.41, 5.74) is 0. The maximum atomic E-state index is 3.30. The van der Waals surface area contributed by atoms with Gasteiger partial charge in [-0.1, -0.05) is 0 Å². The third-order valence-corrected chi connectivity index (χ3v) is 1.75. The Morgan fingerprint density at radius 3 is 2.78 bits per heavy atom. The van der Waals surface area contributed by atoms with Gasteiger partial charge < -0.3 is 5.32 Å². The van der Waals surface area contributed by atoms with E-state index in [1.165, 1.54) is 5.00 Å². The van der Waals surface area contributed by atoms with Gasteiger partial charge in [0.15, 0.2) is 0 Å². The number of nitrogens with one attached hydrogen (secondary N) is 1. The van der Waals surface area contributed by atoms with Crippen LogP contribution >= 0.6 is 11.3 Å². The van der Waals surface area contributed by atoms with E-state index in [0.717, 1.165) is 0 Å². The smallest absolute Gasteiger partial charge is 0.0884 e. The highest BCUT2D eigenvalue weighted by Gasteiger charge is 1.92. The van der Waals surface area contributed by atoms with Gasteiger partial charge in [-0.05, 0) is 31.4 Å². The second kappa shape index (κ2) is 2.87. The van der Waals surface area contributed by atoms with Crippen molar-refractivity contribution in [1.82, 2.24) is 0 Å². The first-order chi connectivity index (χ1) is 4.29. The summed E-state index contributed by atoms with van der Waals surface area (Å²) in [5, 5.41) is 6.63. The first-order valence-corrected chi connectivity index (χ1v) is 3.97. The molecule has 2 heteroatoms. The molecule has 0 fully saturated rings. The van der Waals surface area contributed by atoms with Crippen LogP contribution in [-0.2, 0) is 0 Å². The predicted octanol–water partition coefficient (Wildman–Crippen LogP) is 2.57. The van der Waals surface area contributed by atoms with Gasteiger partial charge in [-0.3, -0.25) is 0 Å². The zero-order chi connectivity index (χ0) is 6.69. The minimum absolute atomic E-state index is 0.545. The van der Waals surface area contributed by atoms with Gasteiger partial charge >= 0.3 is 0 Å². The van der Waals surface area contributed by atoms with Gasteiger partial charge in [-0.15, -0.1) is 11.3 Å². The Kier molecular flexibility index (Phi) is 2.11. The lowest BCUT2D eigenvalue weighted by Crippen LogP contribution is -2.07. The average molecular weight is 141 g/mol. The molecule has 1 aromatic heterocycles. The van der Waals surface area contributed by atoms with Crippen molar-refractivity contribution in [2.75, 3.05) is 5.32 Å². The monoisotopic (exact) mass is 141 g/mol. The van der Waals surface area contributed by atoms with E-state index in [1.54, 1.807) is 11.3 Å². The van der Waals surface area contributed by atoms with E-state index in [1.807, 2.05) is 0 Å². The van der Waals surface area contributed by atoms with Crippen molar-refractivity contribution in [3.05, 3.63) is 17.5 Å². The second-order valence-electron chi connectivity index (χ2n) is 2.28. The van der Waals surface area contributed by atoms with Crippen molar-refractivity contribution < 1.29 is 0 Å². The van der Waals surface area contributed by atoms with Crippen molar-refractivity contribution in [2.45, 2.75) is 19.9 Å². The molecule has 0 aliphatic heterocycles. The van der Waals surface area contributed by atoms with Crippen molar-refractivity contribution in [3.8, 4) is 0 Å². The molecular formula is C7H11NS. The maximum Gasteiger partial charge on any atom is 0.0884 e. The number of hydrogen-bond donors (Lipinski definition) is 1. The Bertz CT molecular complexity index is 155. The predicted molar refractivity (Wildman–Crippen MR) is 43.1 cm³/mol. The molecule has 0 saturated heterocycles. The Morgan fingerprint density at radius 1 is 1.56 bits per heavy atom. The van der Waals surface area contributed by atoms with E-state index in [0.29, 0.717) is 6.04 Å². The molecule has 1 rings (SSSR count). The van der Waals surface area contributed by atoms with Crippen molar-refractivity contribution >= 4 is 16.3 Å². The molecule has 0 radical (unpaired) electrons. The summed E-state index contributed by atoms with van der Waals surface area (Å²) in [6.07, 6.45) is 0. The quantitative estimate of drug-likeness (QED) is 0.667. The number of hydrogen-bond acceptors (Lipinski definition) is 2. The highest BCUT2D eigenvalue weighted by molar-refractivity contribution is 7.14. The Labute approximate surface area is 59.7 Å². The second-order valence-corrected chi connectivity index (χ2v) is 3.22. The average Bonchev–Trinajstić information content (AvgIpc) is 2.15. The van der Waals surface area contributed by atoms with E-state index in [2.05, 4.69) is 36.7 Å². The molecule has 9 heavy (non-hydrogen) atoms. The first-order valence-electron chi connectivity index (χ1n) is 3.09. The highest BCUT2D eigenvalue weighted by Crippen LogP contribution is 2.15. The van der Waals surface area contributed by atoms with Gasteiger partial charge in [-0.25, -0.2) is 0 Å². The minimum atomic E-state index is 0.545. The van der Waals surface area contributed by atoms with E-state index < -0.39 is 0 Å². The first kappa shape index (κ1) is 6.62. The number of anilines is 1. The van der Waals surface area contributed by atoms with E-state index in [-0.39, 0.29) is 0 Å². The van der Waals surface area contributed by atoms with E-state index in [4.69, 9.17) is 0 Å². The number of thiophene rings is 1. The van der Waals surface area contributed by atoms with Crippen LogP contribution in [0.3, 0.4) is 0 Å². The van der Waals surface area contributed by atoms with Crippen LogP contribution in [0.1, 0.15) is 13.8 Å². The Morgan fingerprint density at radius 2 is 2.33 bits per heavy atom. The molecule has 0 aromatic carbocycles. The molecule has 1 N–H and O–H groups in total. The summed E-state index contributed by atoms with van der Waals surface area (Å²) >= 11 is 1.74. The largest absolute Gasteiger partial charge is 0.375 e. The molecule has 0 aliphatic carbocycles. The van der Waals surface area contributed by atoms with Crippen molar-refractivity contribution in [3.63, 3.8) is 0 Å². The Hall–Kier alpha value is -0.500. The molecule has 1 heterocycles.